The molecule has 15 heavy (non-hydrogen) atoms. The quantitative estimate of drug-likeness (QED) is 0.571. The van der Waals surface area contributed by atoms with Crippen LogP contribution < -0.4 is 11.3 Å². The van der Waals surface area contributed by atoms with Crippen LogP contribution in [0.15, 0.2) is 0 Å². The molecule has 0 unspecified atom stereocenters. The van der Waals surface area contributed by atoms with Crippen LogP contribution in [0.5, 0.6) is 0 Å². The third kappa shape index (κ3) is 3.40. The van der Waals surface area contributed by atoms with Crippen molar-refractivity contribution >= 4 is 16.5 Å². The van der Waals surface area contributed by atoms with Crippen molar-refractivity contribution in [3.05, 3.63) is 5.69 Å². The fourth-order valence-electron chi connectivity index (χ4n) is 1.42. The van der Waals surface area contributed by atoms with Gasteiger partial charge < -0.3 is 5.43 Å². The minimum absolute atomic E-state index is 0.511. The molecular weight excluding hydrogens is 210 g/mol. The van der Waals surface area contributed by atoms with Gasteiger partial charge in [0.25, 0.3) is 0 Å². The highest BCUT2D eigenvalue weighted by Gasteiger charge is 2.14. The Kier molecular flexibility index (Phi) is 4.93. The molecule has 0 saturated carbocycles. The largest absolute Gasteiger partial charge is 0.313 e. The van der Waals surface area contributed by atoms with Crippen molar-refractivity contribution in [2.75, 3.05) is 12.0 Å². The average molecular weight is 229 g/mol. The van der Waals surface area contributed by atoms with Gasteiger partial charge >= 0.3 is 0 Å². The molecule has 0 amide bonds. The summed E-state index contributed by atoms with van der Waals surface area (Å²) in [6.45, 7) is 8.42. The van der Waals surface area contributed by atoms with E-state index < -0.39 is 0 Å². The molecular formula is C9H19N5S. The Hall–Kier alpha value is -0.720. The number of nitrogen functional groups attached to an aromatic ring is 1. The molecule has 1 aromatic heterocycles. The van der Waals surface area contributed by atoms with E-state index in [-0.39, 0.29) is 0 Å². The summed E-state index contributed by atoms with van der Waals surface area (Å²) in [5.41, 5.74) is 3.56. The SMILES string of the molecule is CCCN(Cc1nnsc1NN)C(C)C. The molecule has 5 nitrogen and oxygen atoms in total. The van der Waals surface area contributed by atoms with Crippen LogP contribution in [0.4, 0.5) is 5.00 Å². The number of nitrogens with zero attached hydrogens (tertiary/aromatic N) is 3. The van der Waals surface area contributed by atoms with Crippen LogP contribution in [-0.4, -0.2) is 27.1 Å². The first-order valence-corrected chi connectivity index (χ1v) is 5.98. The highest BCUT2D eigenvalue weighted by Crippen LogP contribution is 2.18. The zero-order valence-electron chi connectivity index (χ0n) is 9.53. The van der Waals surface area contributed by atoms with Crippen molar-refractivity contribution in [2.24, 2.45) is 5.84 Å². The highest BCUT2D eigenvalue weighted by atomic mass is 32.1. The summed E-state index contributed by atoms with van der Waals surface area (Å²) in [6.07, 6.45) is 1.14. The lowest BCUT2D eigenvalue weighted by atomic mass is 10.2. The second-order valence-electron chi connectivity index (χ2n) is 3.76. The fraction of sp³-hybridized carbons (Fsp3) is 0.778. The normalized spacial score (nSPS) is 11.3. The number of rotatable bonds is 6. The molecule has 0 radical (unpaired) electrons. The Morgan fingerprint density at radius 2 is 2.27 bits per heavy atom. The van der Waals surface area contributed by atoms with Crippen molar-refractivity contribution < 1.29 is 0 Å². The maximum absolute atomic E-state index is 5.38. The summed E-state index contributed by atoms with van der Waals surface area (Å²) in [5, 5.41) is 4.93. The van der Waals surface area contributed by atoms with Gasteiger partial charge in [0, 0.05) is 24.1 Å². The molecule has 86 valence electrons. The first kappa shape index (κ1) is 12.4. The number of hydrogen-bond donors (Lipinski definition) is 2. The minimum atomic E-state index is 0.511. The van der Waals surface area contributed by atoms with Crippen LogP contribution in [0.1, 0.15) is 32.9 Å². The van der Waals surface area contributed by atoms with E-state index in [0.29, 0.717) is 6.04 Å². The molecule has 0 aliphatic heterocycles. The predicted molar refractivity (Wildman–Crippen MR) is 63.6 cm³/mol. The zero-order valence-corrected chi connectivity index (χ0v) is 10.3. The van der Waals surface area contributed by atoms with Crippen LogP contribution in [0.3, 0.4) is 0 Å². The summed E-state index contributed by atoms with van der Waals surface area (Å²) >= 11 is 1.30. The first-order chi connectivity index (χ1) is 7.19. The number of aromatic nitrogens is 2. The maximum Gasteiger partial charge on any atom is 0.148 e. The smallest absolute Gasteiger partial charge is 0.148 e. The predicted octanol–water partition coefficient (Wildman–Crippen LogP) is 1.44. The lowest BCUT2D eigenvalue weighted by Gasteiger charge is -2.24. The molecule has 0 spiro atoms. The molecule has 1 heterocycles. The van der Waals surface area contributed by atoms with Gasteiger partial charge in [-0.2, -0.15) is 0 Å². The molecule has 6 heteroatoms. The summed E-state index contributed by atoms with van der Waals surface area (Å²) in [6, 6.07) is 0.511. The van der Waals surface area contributed by atoms with Gasteiger partial charge in [-0.1, -0.05) is 11.4 Å². The third-order valence-electron chi connectivity index (χ3n) is 2.28. The first-order valence-electron chi connectivity index (χ1n) is 5.20. The Morgan fingerprint density at radius 3 is 2.80 bits per heavy atom. The maximum atomic E-state index is 5.38. The zero-order chi connectivity index (χ0) is 11.3. The van der Waals surface area contributed by atoms with Gasteiger partial charge in [-0.15, -0.1) is 5.10 Å². The molecule has 0 aromatic carbocycles. The van der Waals surface area contributed by atoms with E-state index >= 15 is 0 Å². The van der Waals surface area contributed by atoms with Gasteiger partial charge in [0.1, 0.15) is 10.7 Å². The molecule has 0 aliphatic carbocycles. The van der Waals surface area contributed by atoms with Crippen molar-refractivity contribution in [1.82, 2.24) is 14.5 Å². The molecule has 0 fully saturated rings. The summed E-state index contributed by atoms with van der Waals surface area (Å²) < 4.78 is 3.89. The number of hydrazine groups is 1. The standard InChI is InChI=1S/C9H19N5S/c1-4-5-14(7(2)3)6-8-9(11-10)15-13-12-8/h7,11H,4-6,10H2,1-3H3. The van der Waals surface area contributed by atoms with E-state index in [1.165, 1.54) is 11.5 Å². The van der Waals surface area contributed by atoms with Gasteiger partial charge in [0.15, 0.2) is 0 Å². The van der Waals surface area contributed by atoms with E-state index in [4.69, 9.17) is 5.84 Å². The van der Waals surface area contributed by atoms with E-state index in [9.17, 15) is 0 Å². The molecule has 3 N–H and O–H groups in total. The van der Waals surface area contributed by atoms with Crippen LogP contribution >= 0.6 is 11.5 Å². The molecule has 0 aliphatic rings. The number of hydrogen-bond acceptors (Lipinski definition) is 6. The van der Waals surface area contributed by atoms with Crippen LogP contribution in [0.25, 0.3) is 0 Å². The van der Waals surface area contributed by atoms with E-state index in [1.807, 2.05) is 0 Å². The lowest BCUT2D eigenvalue weighted by Crippen LogP contribution is -2.31. The van der Waals surface area contributed by atoms with Crippen molar-refractivity contribution in [3.63, 3.8) is 0 Å². The minimum Gasteiger partial charge on any atom is -0.313 e. The number of nitrogens with one attached hydrogen (secondary N) is 1. The summed E-state index contributed by atoms with van der Waals surface area (Å²) in [4.78, 5) is 2.36. The molecule has 1 aromatic rings. The molecule has 1 rings (SSSR count). The van der Waals surface area contributed by atoms with E-state index in [2.05, 4.69) is 40.7 Å². The Labute approximate surface area is 94.8 Å². The Balaban J connectivity index is 2.65. The average Bonchev–Trinajstić information content (AvgIpc) is 2.64. The fourth-order valence-corrected chi connectivity index (χ4v) is 1.91. The second-order valence-corrected chi connectivity index (χ2v) is 4.51. The van der Waals surface area contributed by atoms with Gasteiger partial charge in [-0.3, -0.25) is 4.90 Å². The number of nitrogens with two attached hydrogens (primary N) is 1. The summed E-state index contributed by atoms with van der Waals surface area (Å²) in [7, 11) is 0. The van der Waals surface area contributed by atoms with Gasteiger partial charge in [-0.25, -0.2) is 5.84 Å². The van der Waals surface area contributed by atoms with E-state index in [0.717, 1.165) is 30.2 Å². The van der Waals surface area contributed by atoms with Gasteiger partial charge in [0.05, 0.1) is 0 Å². The molecule has 0 saturated heterocycles. The third-order valence-corrected chi connectivity index (χ3v) is 2.98. The molecule has 0 atom stereocenters. The monoisotopic (exact) mass is 229 g/mol. The summed E-state index contributed by atoms with van der Waals surface area (Å²) in [5.74, 6) is 5.38. The van der Waals surface area contributed by atoms with Crippen LogP contribution in [0, 0.1) is 0 Å². The van der Waals surface area contributed by atoms with Crippen LogP contribution in [0.2, 0.25) is 0 Å². The van der Waals surface area contributed by atoms with Crippen molar-refractivity contribution in [1.29, 1.82) is 0 Å². The van der Waals surface area contributed by atoms with E-state index in [1.54, 1.807) is 0 Å². The molecule has 0 bridgehead atoms. The van der Waals surface area contributed by atoms with Crippen molar-refractivity contribution in [2.45, 2.75) is 39.8 Å². The van der Waals surface area contributed by atoms with Crippen LogP contribution in [-0.2, 0) is 6.54 Å². The van der Waals surface area contributed by atoms with Gasteiger partial charge in [0.2, 0.25) is 0 Å². The number of anilines is 1. The topological polar surface area (TPSA) is 67.1 Å². The van der Waals surface area contributed by atoms with Gasteiger partial charge in [-0.05, 0) is 26.8 Å². The lowest BCUT2D eigenvalue weighted by molar-refractivity contribution is 0.211. The second kappa shape index (κ2) is 5.99. The Morgan fingerprint density at radius 1 is 1.53 bits per heavy atom. The van der Waals surface area contributed by atoms with Crippen molar-refractivity contribution in [3.8, 4) is 0 Å². The highest BCUT2D eigenvalue weighted by molar-refractivity contribution is 7.10. The Bertz CT molecular complexity index is 286.